The molecule has 2 aromatic rings. The van der Waals surface area contributed by atoms with E-state index >= 15 is 0 Å². The minimum atomic E-state index is -3.51. The van der Waals surface area contributed by atoms with Crippen LogP contribution in [-0.2, 0) is 19.4 Å². The zero-order valence-corrected chi connectivity index (χ0v) is 17.8. The number of ether oxygens (including phenoxy) is 2. The second kappa shape index (κ2) is 8.87. The Hall–Kier alpha value is -2.19. The highest BCUT2D eigenvalue weighted by Crippen LogP contribution is 2.32. The highest BCUT2D eigenvalue weighted by Gasteiger charge is 2.19. The number of sulfone groups is 1. The number of hydrogen-bond donors (Lipinski definition) is 0. The molecular weight excluding hydrogens is 404 g/mol. The summed E-state index contributed by atoms with van der Waals surface area (Å²) in [5.74, 6) is -0.151. The third-order valence-corrected chi connectivity index (χ3v) is 5.35. The van der Waals surface area contributed by atoms with Gasteiger partial charge in [0.05, 0.1) is 5.75 Å². The van der Waals surface area contributed by atoms with E-state index in [9.17, 15) is 13.2 Å². The minimum Gasteiger partial charge on any atom is -0.481 e. The molecule has 1 aromatic carbocycles. The molecule has 28 heavy (non-hydrogen) atoms. The zero-order valence-electron chi connectivity index (χ0n) is 16.2. The van der Waals surface area contributed by atoms with Gasteiger partial charge in [0, 0.05) is 28.5 Å². The number of esters is 1. The van der Waals surface area contributed by atoms with Gasteiger partial charge in [-0.1, -0.05) is 18.5 Å². The lowest BCUT2D eigenvalue weighted by molar-refractivity contribution is -0.157. The monoisotopic (exact) mass is 426 g/mol. The van der Waals surface area contributed by atoms with Gasteiger partial charge < -0.3 is 9.47 Å². The molecule has 0 atom stereocenters. The van der Waals surface area contributed by atoms with E-state index in [2.05, 4.69) is 9.97 Å². The van der Waals surface area contributed by atoms with Crippen molar-refractivity contribution in [2.45, 2.75) is 44.9 Å². The molecule has 0 amide bonds. The second-order valence-corrected chi connectivity index (χ2v) is 9.53. The smallest absolute Gasteiger partial charge is 0.344 e. The van der Waals surface area contributed by atoms with Crippen LogP contribution < -0.4 is 4.74 Å². The van der Waals surface area contributed by atoms with Gasteiger partial charge in [0.15, 0.2) is 6.61 Å². The maximum Gasteiger partial charge on any atom is 0.344 e. The molecule has 1 aromatic heterocycles. The van der Waals surface area contributed by atoms with Crippen LogP contribution in [0.3, 0.4) is 0 Å². The summed E-state index contributed by atoms with van der Waals surface area (Å²) in [7, 11) is -3.51. The van der Waals surface area contributed by atoms with Crippen LogP contribution in [0.5, 0.6) is 5.75 Å². The van der Waals surface area contributed by atoms with Crippen molar-refractivity contribution in [1.29, 1.82) is 0 Å². The molecule has 9 heteroatoms. The summed E-state index contributed by atoms with van der Waals surface area (Å²) in [4.78, 5) is 19.8. The van der Waals surface area contributed by atoms with E-state index in [4.69, 9.17) is 21.1 Å². The van der Waals surface area contributed by atoms with Crippen molar-refractivity contribution in [3.8, 4) is 16.9 Å². The SMILES string of the molecule is CCCS(=O)(=O)c1ncc(-c2cc(Cl)ccc2OCC(=O)OC(C)(C)C)cn1. The van der Waals surface area contributed by atoms with Crippen molar-refractivity contribution in [3.05, 3.63) is 35.6 Å². The summed E-state index contributed by atoms with van der Waals surface area (Å²) in [6, 6.07) is 4.87. The summed E-state index contributed by atoms with van der Waals surface area (Å²) in [6.07, 6.45) is 3.26. The molecule has 0 N–H and O–H groups in total. The fraction of sp³-hybridized carbons (Fsp3) is 0.421. The van der Waals surface area contributed by atoms with Gasteiger partial charge in [0.2, 0.25) is 15.0 Å². The summed E-state index contributed by atoms with van der Waals surface area (Å²) in [5.41, 5.74) is 0.435. The molecule has 152 valence electrons. The van der Waals surface area contributed by atoms with E-state index in [-0.39, 0.29) is 17.5 Å². The van der Waals surface area contributed by atoms with Crippen molar-refractivity contribution >= 4 is 27.4 Å². The molecule has 0 aliphatic rings. The van der Waals surface area contributed by atoms with E-state index in [0.717, 1.165) is 0 Å². The normalized spacial score (nSPS) is 11.9. The zero-order chi connectivity index (χ0) is 20.9. The molecule has 0 aliphatic carbocycles. The Bertz CT molecular complexity index is 938. The minimum absolute atomic E-state index is 0.0201. The van der Waals surface area contributed by atoms with Crippen LogP contribution in [0.2, 0.25) is 5.02 Å². The second-order valence-electron chi connectivity index (χ2n) is 7.09. The highest BCUT2D eigenvalue weighted by atomic mass is 35.5. The first-order chi connectivity index (χ1) is 13.0. The van der Waals surface area contributed by atoms with E-state index < -0.39 is 21.4 Å². The first kappa shape index (κ1) is 22.1. The highest BCUT2D eigenvalue weighted by molar-refractivity contribution is 7.91. The maximum atomic E-state index is 12.1. The predicted molar refractivity (Wildman–Crippen MR) is 106 cm³/mol. The number of halogens is 1. The maximum absolute atomic E-state index is 12.1. The Labute approximate surface area is 170 Å². The summed E-state index contributed by atoms with van der Waals surface area (Å²) < 4.78 is 34.9. The molecule has 7 nitrogen and oxygen atoms in total. The predicted octanol–water partition coefficient (Wildman–Crippen LogP) is 3.70. The lowest BCUT2D eigenvalue weighted by Crippen LogP contribution is -2.27. The summed E-state index contributed by atoms with van der Waals surface area (Å²) in [6.45, 7) is 6.79. The summed E-state index contributed by atoms with van der Waals surface area (Å²) >= 11 is 6.08. The number of aromatic nitrogens is 2. The van der Waals surface area contributed by atoms with E-state index in [0.29, 0.717) is 28.3 Å². The van der Waals surface area contributed by atoms with Crippen molar-refractivity contribution in [3.63, 3.8) is 0 Å². The van der Waals surface area contributed by atoms with Gasteiger partial charge >= 0.3 is 5.97 Å². The molecule has 0 saturated carbocycles. The number of nitrogens with zero attached hydrogens (tertiary/aromatic N) is 2. The Kier molecular flexibility index (Phi) is 7.01. The number of rotatable bonds is 7. The number of hydrogen-bond acceptors (Lipinski definition) is 7. The van der Waals surface area contributed by atoms with Crippen LogP contribution >= 0.6 is 11.6 Å². The quantitative estimate of drug-likeness (QED) is 0.492. The number of carbonyl (C=O) groups excluding carboxylic acids is 1. The van der Waals surface area contributed by atoms with Gasteiger partial charge in [-0.3, -0.25) is 0 Å². The van der Waals surface area contributed by atoms with Gasteiger partial charge in [-0.25, -0.2) is 23.2 Å². The molecule has 0 saturated heterocycles. The Morgan fingerprint density at radius 1 is 1.18 bits per heavy atom. The first-order valence-corrected chi connectivity index (χ1v) is 10.7. The van der Waals surface area contributed by atoms with Crippen LogP contribution in [0.4, 0.5) is 0 Å². The summed E-state index contributed by atoms with van der Waals surface area (Å²) in [5, 5.41) is 0.221. The van der Waals surface area contributed by atoms with Gasteiger partial charge in [-0.2, -0.15) is 0 Å². The molecule has 0 bridgehead atoms. The average molecular weight is 427 g/mol. The fourth-order valence-corrected chi connectivity index (χ4v) is 3.66. The number of carbonyl (C=O) groups is 1. The van der Waals surface area contributed by atoms with Crippen molar-refractivity contribution in [2.24, 2.45) is 0 Å². The van der Waals surface area contributed by atoms with Crippen molar-refractivity contribution in [2.75, 3.05) is 12.4 Å². The van der Waals surface area contributed by atoms with Gasteiger partial charge in [0.25, 0.3) is 0 Å². The van der Waals surface area contributed by atoms with Crippen LogP contribution in [-0.4, -0.2) is 42.3 Å². The molecule has 2 rings (SSSR count). The van der Waals surface area contributed by atoms with Crippen LogP contribution in [0.25, 0.3) is 11.1 Å². The van der Waals surface area contributed by atoms with Gasteiger partial charge in [-0.05, 0) is 45.4 Å². The van der Waals surface area contributed by atoms with E-state index in [1.165, 1.54) is 12.4 Å². The molecule has 0 radical (unpaired) electrons. The number of benzene rings is 1. The lowest BCUT2D eigenvalue weighted by Gasteiger charge is -2.20. The third-order valence-electron chi connectivity index (χ3n) is 3.40. The third kappa shape index (κ3) is 6.17. The van der Waals surface area contributed by atoms with E-state index in [1.54, 1.807) is 45.9 Å². The Morgan fingerprint density at radius 3 is 2.39 bits per heavy atom. The standard InChI is InChI=1S/C19H23ClN2O5S/c1-5-8-28(24,25)18-21-10-13(11-22-18)15-9-14(20)6-7-16(15)26-12-17(23)27-19(2,3)4/h6-7,9-11H,5,8,12H2,1-4H3. The Balaban J connectivity index is 2.26. The molecule has 0 spiro atoms. The van der Waals surface area contributed by atoms with Crippen LogP contribution in [0, 0.1) is 0 Å². The van der Waals surface area contributed by atoms with Crippen LogP contribution in [0.1, 0.15) is 34.1 Å². The molecule has 0 unspecified atom stereocenters. The molecular formula is C19H23ClN2O5S. The molecule has 0 aliphatic heterocycles. The van der Waals surface area contributed by atoms with Gasteiger partial charge in [0.1, 0.15) is 11.4 Å². The lowest BCUT2D eigenvalue weighted by atomic mass is 10.1. The van der Waals surface area contributed by atoms with E-state index in [1.807, 2.05) is 0 Å². The van der Waals surface area contributed by atoms with Crippen molar-refractivity contribution in [1.82, 2.24) is 9.97 Å². The average Bonchev–Trinajstić information content (AvgIpc) is 2.59. The molecule has 1 heterocycles. The first-order valence-electron chi connectivity index (χ1n) is 8.71. The Morgan fingerprint density at radius 2 is 1.82 bits per heavy atom. The fourth-order valence-electron chi connectivity index (χ4n) is 2.34. The largest absolute Gasteiger partial charge is 0.481 e. The van der Waals surface area contributed by atoms with Gasteiger partial charge in [-0.15, -0.1) is 0 Å². The van der Waals surface area contributed by atoms with Crippen LogP contribution in [0.15, 0.2) is 35.7 Å². The van der Waals surface area contributed by atoms with Crippen molar-refractivity contribution < 1.29 is 22.7 Å². The topological polar surface area (TPSA) is 95.5 Å². The molecule has 0 fully saturated rings.